The second-order valence-electron chi connectivity index (χ2n) is 3.79. The Morgan fingerprint density at radius 2 is 2.14 bits per heavy atom. The Kier molecular flexibility index (Phi) is 2.19. The van der Waals surface area contributed by atoms with Crippen LogP contribution in [0.4, 0.5) is 0 Å². The fourth-order valence-corrected chi connectivity index (χ4v) is 2.63. The zero-order valence-corrected chi connectivity index (χ0v) is 8.42. The molecule has 1 heterocycles. The summed E-state index contributed by atoms with van der Waals surface area (Å²) in [5, 5.41) is 8.87. The molecule has 3 N–H and O–H groups in total. The van der Waals surface area contributed by atoms with Crippen LogP contribution in [0.3, 0.4) is 0 Å². The van der Waals surface area contributed by atoms with Crippen LogP contribution in [-0.4, -0.2) is 45.1 Å². The Morgan fingerprint density at radius 1 is 1.50 bits per heavy atom. The molecule has 2 aliphatic rings. The Labute approximate surface area is 85.6 Å². The molecule has 1 saturated carbocycles. The summed E-state index contributed by atoms with van der Waals surface area (Å²) in [5.74, 6) is -0.214. The Hall–Kier alpha value is -0.750. The third kappa shape index (κ3) is 1.48. The van der Waals surface area contributed by atoms with Crippen LogP contribution >= 0.6 is 11.8 Å². The third-order valence-corrected chi connectivity index (χ3v) is 3.66. The lowest BCUT2D eigenvalue weighted by Crippen LogP contribution is -2.50. The van der Waals surface area contributed by atoms with Gasteiger partial charge in [0, 0.05) is 5.75 Å². The van der Waals surface area contributed by atoms with Crippen LogP contribution in [0.1, 0.15) is 12.8 Å². The number of thioether (sulfide) groups is 1. The first-order valence-corrected chi connectivity index (χ1v) is 5.60. The van der Waals surface area contributed by atoms with E-state index in [2.05, 4.69) is 0 Å². The standard InChI is InChI=1S/C8H12N2O3S/c9-8(1-2-8)7(13)10-4-14-3-5(10)6(11)12/h5H,1-4,9H2,(H,11,12). The highest BCUT2D eigenvalue weighted by Crippen LogP contribution is 2.36. The number of carbonyl (C=O) groups excluding carboxylic acids is 1. The van der Waals surface area contributed by atoms with Gasteiger partial charge in [-0.2, -0.15) is 0 Å². The fourth-order valence-electron chi connectivity index (χ4n) is 1.48. The van der Waals surface area contributed by atoms with E-state index in [9.17, 15) is 9.59 Å². The Bertz CT molecular complexity index is 290. The minimum absolute atomic E-state index is 0.199. The average molecular weight is 216 g/mol. The topological polar surface area (TPSA) is 83.6 Å². The van der Waals surface area contributed by atoms with Gasteiger partial charge in [0.2, 0.25) is 5.91 Å². The minimum Gasteiger partial charge on any atom is -0.480 e. The van der Waals surface area contributed by atoms with Crippen molar-refractivity contribution in [2.75, 3.05) is 11.6 Å². The van der Waals surface area contributed by atoms with Crippen molar-refractivity contribution >= 4 is 23.6 Å². The highest BCUT2D eigenvalue weighted by atomic mass is 32.2. The molecule has 1 unspecified atom stereocenters. The quantitative estimate of drug-likeness (QED) is 0.648. The smallest absolute Gasteiger partial charge is 0.327 e. The van der Waals surface area contributed by atoms with Crippen molar-refractivity contribution in [2.45, 2.75) is 24.4 Å². The van der Waals surface area contributed by atoms with Gasteiger partial charge in [-0.05, 0) is 12.8 Å². The van der Waals surface area contributed by atoms with Crippen LogP contribution in [0.25, 0.3) is 0 Å². The normalized spacial score (nSPS) is 28.9. The van der Waals surface area contributed by atoms with Crippen LogP contribution in [0.5, 0.6) is 0 Å². The van der Waals surface area contributed by atoms with Gasteiger partial charge >= 0.3 is 5.97 Å². The van der Waals surface area contributed by atoms with Crippen molar-refractivity contribution in [1.82, 2.24) is 4.90 Å². The number of carbonyl (C=O) groups is 2. The lowest BCUT2D eigenvalue weighted by Gasteiger charge is -2.23. The first-order chi connectivity index (χ1) is 6.54. The Balaban J connectivity index is 2.09. The van der Waals surface area contributed by atoms with Gasteiger partial charge in [0.05, 0.1) is 11.4 Å². The number of rotatable bonds is 2. The second-order valence-corrected chi connectivity index (χ2v) is 4.78. The van der Waals surface area contributed by atoms with E-state index in [1.54, 1.807) is 0 Å². The summed E-state index contributed by atoms with van der Waals surface area (Å²) in [6, 6.07) is -0.687. The van der Waals surface area contributed by atoms with Gasteiger partial charge in [-0.1, -0.05) is 0 Å². The zero-order chi connectivity index (χ0) is 10.3. The van der Waals surface area contributed by atoms with Gasteiger partial charge in [0.15, 0.2) is 0 Å². The minimum atomic E-state index is -0.937. The molecule has 0 spiro atoms. The van der Waals surface area contributed by atoms with E-state index in [0.29, 0.717) is 24.5 Å². The number of carboxylic acids is 1. The lowest BCUT2D eigenvalue weighted by molar-refractivity contribution is -0.148. The molecule has 0 aromatic carbocycles. The van der Waals surface area contributed by atoms with Gasteiger partial charge in [-0.25, -0.2) is 4.79 Å². The maximum atomic E-state index is 11.8. The van der Waals surface area contributed by atoms with E-state index in [1.807, 2.05) is 0 Å². The molecule has 0 aromatic rings. The van der Waals surface area contributed by atoms with Crippen molar-refractivity contribution in [3.63, 3.8) is 0 Å². The lowest BCUT2D eigenvalue weighted by atomic mass is 10.2. The van der Waals surface area contributed by atoms with Crippen LogP contribution in [0.15, 0.2) is 0 Å². The average Bonchev–Trinajstić information content (AvgIpc) is 2.69. The van der Waals surface area contributed by atoms with Crippen LogP contribution in [0, 0.1) is 0 Å². The fraction of sp³-hybridized carbons (Fsp3) is 0.750. The SMILES string of the molecule is NC1(C(=O)N2CSCC2C(=O)O)CC1. The molecule has 78 valence electrons. The number of nitrogens with two attached hydrogens (primary N) is 1. The van der Waals surface area contributed by atoms with Gasteiger partial charge in [0.1, 0.15) is 6.04 Å². The summed E-state index contributed by atoms with van der Waals surface area (Å²) in [6.45, 7) is 0. The Morgan fingerprint density at radius 3 is 2.64 bits per heavy atom. The molecule has 1 aliphatic heterocycles. The van der Waals surface area contributed by atoms with Crippen molar-refractivity contribution < 1.29 is 14.7 Å². The predicted octanol–water partition coefficient (Wildman–Crippen LogP) is -0.536. The van der Waals surface area contributed by atoms with E-state index in [4.69, 9.17) is 10.8 Å². The van der Waals surface area contributed by atoms with E-state index >= 15 is 0 Å². The number of hydrogen-bond donors (Lipinski definition) is 2. The van der Waals surface area contributed by atoms with Crippen molar-refractivity contribution in [3.05, 3.63) is 0 Å². The van der Waals surface area contributed by atoms with Gasteiger partial charge in [-0.15, -0.1) is 11.8 Å². The molecule has 6 heteroatoms. The molecule has 1 saturated heterocycles. The number of carboxylic acid groups (broad SMARTS) is 1. The summed E-state index contributed by atoms with van der Waals surface area (Å²) in [6.07, 6.45) is 1.36. The van der Waals surface area contributed by atoms with Crippen LogP contribution in [-0.2, 0) is 9.59 Å². The summed E-state index contributed by atoms with van der Waals surface area (Å²) in [5.41, 5.74) is 4.99. The summed E-state index contributed by atoms with van der Waals surface area (Å²) in [4.78, 5) is 24.0. The molecule has 2 rings (SSSR count). The molecule has 0 radical (unpaired) electrons. The summed E-state index contributed by atoms with van der Waals surface area (Å²) < 4.78 is 0. The number of hydrogen-bond acceptors (Lipinski definition) is 4. The maximum absolute atomic E-state index is 11.8. The zero-order valence-electron chi connectivity index (χ0n) is 7.60. The van der Waals surface area contributed by atoms with Gasteiger partial charge < -0.3 is 15.7 Å². The monoisotopic (exact) mass is 216 g/mol. The first kappa shape index (κ1) is 9.79. The maximum Gasteiger partial charge on any atom is 0.327 e. The molecule has 0 aromatic heterocycles. The molecule has 1 amide bonds. The van der Waals surface area contributed by atoms with E-state index in [0.717, 1.165) is 0 Å². The van der Waals surface area contributed by atoms with Crippen molar-refractivity contribution in [2.24, 2.45) is 5.73 Å². The number of aliphatic carboxylic acids is 1. The van der Waals surface area contributed by atoms with E-state index in [-0.39, 0.29) is 5.91 Å². The van der Waals surface area contributed by atoms with Crippen molar-refractivity contribution in [1.29, 1.82) is 0 Å². The molecular formula is C8H12N2O3S. The molecule has 5 nitrogen and oxygen atoms in total. The predicted molar refractivity (Wildman–Crippen MR) is 51.7 cm³/mol. The molecule has 2 fully saturated rings. The molecular weight excluding hydrogens is 204 g/mol. The highest BCUT2D eigenvalue weighted by molar-refractivity contribution is 7.99. The van der Waals surface area contributed by atoms with E-state index in [1.165, 1.54) is 16.7 Å². The second kappa shape index (κ2) is 3.13. The molecule has 0 bridgehead atoms. The third-order valence-electron chi connectivity index (χ3n) is 2.64. The number of nitrogens with zero attached hydrogens (tertiary/aromatic N) is 1. The number of amides is 1. The summed E-state index contributed by atoms with van der Waals surface area (Å²) in [7, 11) is 0. The van der Waals surface area contributed by atoms with Gasteiger partial charge in [0.25, 0.3) is 0 Å². The molecule has 14 heavy (non-hydrogen) atoms. The van der Waals surface area contributed by atoms with Crippen LogP contribution < -0.4 is 5.73 Å². The van der Waals surface area contributed by atoms with Crippen LogP contribution in [0.2, 0.25) is 0 Å². The molecule has 1 aliphatic carbocycles. The van der Waals surface area contributed by atoms with Gasteiger partial charge in [-0.3, -0.25) is 4.79 Å². The molecule has 1 atom stereocenters. The summed E-state index contributed by atoms with van der Waals surface area (Å²) >= 11 is 1.46. The largest absolute Gasteiger partial charge is 0.480 e. The van der Waals surface area contributed by atoms with E-state index < -0.39 is 17.6 Å². The highest BCUT2D eigenvalue weighted by Gasteiger charge is 2.51. The van der Waals surface area contributed by atoms with Crippen molar-refractivity contribution in [3.8, 4) is 0 Å². The first-order valence-electron chi connectivity index (χ1n) is 4.45.